The molecule has 0 aromatic heterocycles. The maximum Gasteiger partial charge on any atom is 0.0566 e. The second-order valence-electron chi connectivity index (χ2n) is 5.03. The topological polar surface area (TPSA) is 44.3 Å². The molecule has 0 bridgehead atoms. The fourth-order valence-electron chi connectivity index (χ4n) is 2.36. The zero-order valence-corrected chi connectivity index (χ0v) is 10.5. The van der Waals surface area contributed by atoms with Crippen LogP contribution in [0, 0.1) is 11.8 Å². The van der Waals surface area contributed by atoms with Gasteiger partial charge in [-0.1, -0.05) is 20.8 Å². The van der Waals surface area contributed by atoms with Crippen LogP contribution in [0.3, 0.4) is 0 Å². The van der Waals surface area contributed by atoms with E-state index in [-0.39, 0.29) is 6.10 Å². The molecule has 1 heterocycles. The lowest BCUT2D eigenvalue weighted by Gasteiger charge is -2.37. The molecule has 1 rings (SSSR count). The Labute approximate surface area is 93.6 Å². The van der Waals surface area contributed by atoms with Gasteiger partial charge in [-0.3, -0.25) is 0 Å². The molecule has 0 saturated carbocycles. The van der Waals surface area contributed by atoms with Crippen molar-refractivity contribution < 1.29 is 5.11 Å². The van der Waals surface area contributed by atoms with Gasteiger partial charge in [0.25, 0.3) is 0 Å². The van der Waals surface area contributed by atoms with Crippen molar-refractivity contribution in [2.45, 2.75) is 52.3 Å². The fraction of sp³-hybridized carbons (Fsp3) is 1.00. The van der Waals surface area contributed by atoms with Crippen molar-refractivity contribution in [1.82, 2.24) is 10.6 Å². The minimum atomic E-state index is -0.168. The van der Waals surface area contributed by atoms with E-state index in [2.05, 4.69) is 31.4 Å². The first-order chi connectivity index (χ1) is 7.06. The number of hydrogen-bond acceptors (Lipinski definition) is 3. The predicted octanol–water partition coefficient (Wildman–Crippen LogP) is 0.979. The van der Waals surface area contributed by atoms with Crippen molar-refractivity contribution in [2.24, 2.45) is 11.8 Å². The summed E-state index contributed by atoms with van der Waals surface area (Å²) in [5, 5.41) is 16.9. The Morgan fingerprint density at radius 2 is 2.00 bits per heavy atom. The molecule has 3 nitrogen and oxygen atoms in total. The normalized spacial score (nSPS) is 33.4. The van der Waals surface area contributed by atoms with Crippen molar-refractivity contribution in [3.05, 3.63) is 0 Å². The van der Waals surface area contributed by atoms with Crippen LogP contribution in [0.1, 0.15) is 34.1 Å². The molecular weight excluding hydrogens is 188 g/mol. The van der Waals surface area contributed by atoms with Crippen molar-refractivity contribution in [3.63, 3.8) is 0 Å². The average molecular weight is 214 g/mol. The first-order valence-corrected chi connectivity index (χ1v) is 6.21. The molecule has 1 fully saturated rings. The van der Waals surface area contributed by atoms with E-state index in [9.17, 15) is 5.11 Å². The van der Waals surface area contributed by atoms with E-state index in [1.807, 2.05) is 6.92 Å². The molecule has 0 aromatic rings. The van der Waals surface area contributed by atoms with Gasteiger partial charge in [0.05, 0.1) is 6.10 Å². The summed E-state index contributed by atoms with van der Waals surface area (Å²) in [6, 6.07) is 1.03. The van der Waals surface area contributed by atoms with Gasteiger partial charge in [0.2, 0.25) is 0 Å². The van der Waals surface area contributed by atoms with E-state index in [0.29, 0.717) is 23.9 Å². The number of piperazine rings is 1. The summed E-state index contributed by atoms with van der Waals surface area (Å²) in [5.74, 6) is 0.870. The molecule has 0 amide bonds. The molecule has 5 unspecified atom stereocenters. The molecule has 5 atom stereocenters. The third-order valence-electron chi connectivity index (χ3n) is 3.80. The molecule has 90 valence electrons. The minimum absolute atomic E-state index is 0.168. The summed E-state index contributed by atoms with van der Waals surface area (Å²) in [5.41, 5.74) is 0. The molecule has 0 spiro atoms. The van der Waals surface area contributed by atoms with Gasteiger partial charge < -0.3 is 15.7 Å². The predicted molar refractivity (Wildman–Crippen MR) is 63.9 cm³/mol. The Balaban J connectivity index is 2.47. The van der Waals surface area contributed by atoms with Crippen LogP contribution in [-0.2, 0) is 0 Å². The first-order valence-electron chi connectivity index (χ1n) is 6.21. The van der Waals surface area contributed by atoms with Crippen LogP contribution < -0.4 is 10.6 Å². The quantitative estimate of drug-likeness (QED) is 0.653. The Morgan fingerprint density at radius 3 is 2.53 bits per heavy atom. The summed E-state index contributed by atoms with van der Waals surface area (Å²) in [7, 11) is 0. The zero-order valence-electron chi connectivity index (χ0n) is 10.5. The van der Waals surface area contributed by atoms with E-state index in [0.717, 1.165) is 19.5 Å². The number of rotatable bonds is 4. The van der Waals surface area contributed by atoms with Crippen molar-refractivity contribution in [1.29, 1.82) is 0 Å². The smallest absolute Gasteiger partial charge is 0.0566 e. The lowest BCUT2D eigenvalue weighted by atomic mass is 9.83. The van der Waals surface area contributed by atoms with Gasteiger partial charge in [-0.05, 0) is 25.2 Å². The Hall–Kier alpha value is -0.120. The van der Waals surface area contributed by atoms with Crippen LogP contribution in [0.2, 0.25) is 0 Å². The zero-order chi connectivity index (χ0) is 11.4. The van der Waals surface area contributed by atoms with Crippen LogP contribution in [0.15, 0.2) is 0 Å². The van der Waals surface area contributed by atoms with E-state index >= 15 is 0 Å². The summed E-state index contributed by atoms with van der Waals surface area (Å²) in [6.45, 7) is 10.7. The molecule has 0 aromatic carbocycles. The highest BCUT2D eigenvalue weighted by Gasteiger charge is 2.29. The molecule has 1 aliphatic heterocycles. The molecule has 3 N–H and O–H groups in total. The monoisotopic (exact) mass is 214 g/mol. The summed E-state index contributed by atoms with van der Waals surface area (Å²) < 4.78 is 0. The lowest BCUT2D eigenvalue weighted by Crippen LogP contribution is -2.57. The maximum atomic E-state index is 9.85. The van der Waals surface area contributed by atoms with Gasteiger partial charge in [0, 0.05) is 25.2 Å². The number of nitrogens with one attached hydrogen (secondary N) is 2. The highest BCUT2D eigenvalue weighted by atomic mass is 16.3. The molecule has 15 heavy (non-hydrogen) atoms. The standard InChI is InChI=1S/C12H26N2O/c1-5-12(15)10(4)9(3)11-7-13-6-8(2)14-11/h8-15H,5-7H2,1-4H3. The van der Waals surface area contributed by atoms with Crippen molar-refractivity contribution in [2.75, 3.05) is 13.1 Å². The van der Waals surface area contributed by atoms with Crippen molar-refractivity contribution >= 4 is 0 Å². The van der Waals surface area contributed by atoms with Crippen LogP contribution in [-0.4, -0.2) is 36.4 Å². The Morgan fingerprint density at radius 1 is 1.33 bits per heavy atom. The van der Waals surface area contributed by atoms with Gasteiger partial charge in [0.15, 0.2) is 0 Å². The molecule has 1 saturated heterocycles. The lowest BCUT2D eigenvalue weighted by molar-refractivity contribution is 0.0666. The van der Waals surface area contributed by atoms with Crippen LogP contribution in [0.4, 0.5) is 0 Å². The molecular formula is C12H26N2O. The van der Waals surface area contributed by atoms with Crippen LogP contribution >= 0.6 is 0 Å². The average Bonchev–Trinajstić information content (AvgIpc) is 2.26. The van der Waals surface area contributed by atoms with Gasteiger partial charge in [-0.15, -0.1) is 0 Å². The van der Waals surface area contributed by atoms with Gasteiger partial charge >= 0.3 is 0 Å². The summed E-state index contributed by atoms with van der Waals surface area (Å²) in [4.78, 5) is 0. The molecule has 0 radical (unpaired) electrons. The fourth-order valence-corrected chi connectivity index (χ4v) is 2.36. The minimum Gasteiger partial charge on any atom is -0.393 e. The van der Waals surface area contributed by atoms with E-state index in [4.69, 9.17) is 0 Å². The highest BCUT2D eigenvalue weighted by molar-refractivity contribution is 4.87. The SMILES string of the molecule is CCC(O)C(C)C(C)C1CNCC(C)N1. The molecule has 1 aliphatic rings. The second kappa shape index (κ2) is 5.83. The molecule has 0 aliphatic carbocycles. The van der Waals surface area contributed by atoms with Crippen LogP contribution in [0.5, 0.6) is 0 Å². The number of aliphatic hydroxyl groups excluding tert-OH is 1. The maximum absolute atomic E-state index is 9.85. The number of hydrogen-bond donors (Lipinski definition) is 3. The summed E-state index contributed by atoms with van der Waals surface area (Å²) >= 11 is 0. The van der Waals surface area contributed by atoms with Crippen LogP contribution in [0.25, 0.3) is 0 Å². The van der Waals surface area contributed by atoms with Crippen molar-refractivity contribution in [3.8, 4) is 0 Å². The Bertz CT molecular complexity index is 186. The Kier molecular flexibility index (Phi) is 5.03. The first kappa shape index (κ1) is 12.9. The third kappa shape index (κ3) is 3.44. The van der Waals surface area contributed by atoms with Gasteiger partial charge in [-0.25, -0.2) is 0 Å². The number of aliphatic hydroxyl groups is 1. The van der Waals surface area contributed by atoms with Gasteiger partial charge in [0.1, 0.15) is 0 Å². The second-order valence-corrected chi connectivity index (χ2v) is 5.03. The largest absolute Gasteiger partial charge is 0.393 e. The van der Waals surface area contributed by atoms with Gasteiger partial charge in [-0.2, -0.15) is 0 Å². The third-order valence-corrected chi connectivity index (χ3v) is 3.80. The highest BCUT2D eigenvalue weighted by Crippen LogP contribution is 2.21. The van der Waals surface area contributed by atoms with E-state index in [1.165, 1.54) is 0 Å². The van der Waals surface area contributed by atoms with E-state index < -0.39 is 0 Å². The molecule has 3 heteroatoms. The summed E-state index contributed by atoms with van der Waals surface area (Å²) in [6.07, 6.45) is 0.681. The van der Waals surface area contributed by atoms with E-state index in [1.54, 1.807) is 0 Å².